The van der Waals surface area contributed by atoms with Gasteiger partial charge in [-0.05, 0) is 5.56 Å². The number of non-ortho nitro benzene ring substituents is 2. The van der Waals surface area contributed by atoms with Gasteiger partial charge in [0, 0.05) is 29.8 Å². The zero-order valence-electron chi connectivity index (χ0n) is 12.2. The zero-order chi connectivity index (χ0) is 17.1. The summed E-state index contributed by atoms with van der Waals surface area (Å²) in [6, 6.07) is 11.9. The van der Waals surface area contributed by atoms with E-state index >= 15 is 0 Å². The molecule has 3 aromatic rings. The summed E-state index contributed by atoms with van der Waals surface area (Å²) in [5, 5.41) is 25.2. The Hall–Kier alpha value is -3.62. The first-order valence-corrected chi connectivity index (χ1v) is 6.83. The Morgan fingerprint density at radius 3 is 2.33 bits per heavy atom. The van der Waals surface area contributed by atoms with E-state index in [0.717, 1.165) is 5.56 Å². The van der Waals surface area contributed by atoms with Gasteiger partial charge in [0.05, 0.1) is 16.3 Å². The third-order valence-corrected chi connectivity index (χ3v) is 3.29. The number of rotatable bonds is 5. The number of hydrogen-bond donors (Lipinski definition) is 0. The molecule has 120 valence electrons. The number of benzene rings is 2. The molecule has 0 N–H and O–H groups in total. The van der Waals surface area contributed by atoms with Crippen molar-refractivity contribution >= 4 is 11.4 Å². The van der Waals surface area contributed by atoms with Gasteiger partial charge >= 0.3 is 0 Å². The van der Waals surface area contributed by atoms with Gasteiger partial charge in [-0.3, -0.25) is 20.2 Å². The molecular formula is C15H10N4O5. The third-order valence-electron chi connectivity index (χ3n) is 3.29. The van der Waals surface area contributed by atoms with Gasteiger partial charge < -0.3 is 4.52 Å². The minimum absolute atomic E-state index is 0.00145. The van der Waals surface area contributed by atoms with Crippen molar-refractivity contribution in [3.8, 4) is 11.4 Å². The summed E-state index contributed by atoms with van der Waals surface area (Å²) in [4.78, 5) is 24.6. The lowest BCUT2D eigenvalue weighted by molar-refractivity contribution is -0.385. The summed E-state index contributed by atoms with van der Waals surface area (Å²) in [7, 11) is 0. The second kappa shape index (κ2) is 6.24. The van der Waals surface area contributed by atoms with Crippen molar-refractivity contribution in [3.05, 3.63) is 80.2 Å². The molecule has 2 aromatic carbocycles. The minimum Gasteiger partial charge on any atom is -0.339 e. The summed E-state index contributed by atoms with van der Waals surface area (Å²) < 4.78 is 5.14. The molecule has 24 heavy (non-hydrogen) atoms. The average molecular weight is 326 g/mol. The van der Waals surface area contributed by atoms with Gasteiger partial charge in [0.15, 0.2) is 0 Å². The van der Waals surface area contributed by atoms with Crippen molar-refractivity contribution in [2.45, 2.75) is 6.42 Å². The number of hydrogen-bond acceptors (Lipinski definition) is 7. The molecule has 0 aliphatic heterocycles. The Balaban J connectivity index is 1.79. The highest BCUT2D eigenvalue weighted by molar-refractivity contribution is 5.58. The summed E-state index contributed by atoms with van der Waals surface area (Å²) >= 11 is 0. The second-order valence-electron chi connectivity index (χ2n) is 4.92. The van der Waals surface area contributed by atoms with Crippen molar-refractivity contribution in [1.29, 1.82) is 0 Å². The van der Waals surface area contributed by atoms with E-state index in [1.165, 1.54) is 24.3 Å². The molecule has 0 amide bonds. The molecule has 0 aliphatic carbocycles. The SMILES string of the molecule is O=[N+]([O-])c1ccc(Cc2nc(-c3cccc([N+](=O)[O-])c3)no2)cc1. The van der Waals surface area contributed by atoms with E-state index in [-0.39, 0.29) is 17.2 Å². The van der Waals surface area contributed by atoms with Gasteiger partial charge in [-0.2, -0.15) is 4.98 Å². The van der Waals surface area contributed by atoms with Crippen LogP contribution in [0.25, 0.3) is 11.4 Å². The molecule has 9 heteroatoms. The van der Waals surface area contributed by atoms with Crippen LogP contribution in [0.2, 0.25) is 0 Å². The summed E-state index contributed by atoms with van der Waals surface area (Å²) in [5.41, 5.74) is 1.19. The van der Waals surface area contributed by atoms with Crippen LogP contribution in [0, 0.1) is 20.2 Å². The largest absolute Gasteiger partial charge is 0.339 e. The third kappa shape index (κ3) is 3.24. The lowest BCUT2D eigenvalue weighted by Gasteiger charge is -1.96. The van der Waals surface area contributed by atoms with Gasteiger partial charge in [0.1, 0.15) is 0 Å². The van der Waals surface area contributed by atoms with Crippen LogP contribution in [-0.4, -0.2) is 20.0 Å². The zero-order valence-corrected chi connectivity index (χ0v) is 12.2. The number of nitro groups is 2. The van der Waals surface area contributed by atoms with E-state index in [2.05, 4.69) is 10.1 Å². The molecule has 0 atom stereocenters. The van der Waals surface area contributed by atoms with Crippen LogP contribution in [0.15, 0.2) is 53.1 Å². The molecule has 1 aromatic heterocycles. The monoisotopic (exact) mass is 326 g/mol. The number of nitro benzene ring substituents is 2. The maximum Gasteiger partial charge on any atom is 0.270 e. The van der Waals surface area contributed by atoms with Crippen LogP contribution in [-0.2, 0) is 6.42 Å². The van der Waals surface area contributed by atoms with Crippen molar-refractivity contribution in [3.63, 3.8) is 0 Å². The van der Waals surface area contributed by atoms with Crippen molar-refractivity contribution in [1.82, 2.24) is 10.1 Å². The lowest BCUT2D eigenvalue weighted by Crippen LogP contribution is -1.91. The average Bonchev–Trinajstić information content (AvgIpc) is 3.04. The van der Waals surface area contributed by atoms with Crippen LogP contribution < -0.4 is 0 Å². The van der Waals surface area contributed by atoms with Gasteiger partial charge in [-0.15, -0.1) is 0 Å². The Morgan fingerprint density at radius 1 is 0.958 bits per heavy atom. The van der Waals surface area contributed by atoms with E-state index in [1.54, 1.807) is 24.3 Å². The fourth-order valence-corrected chi connectivity index (χ4v) is 2.11. The quantitative estimate of drug-likeness (QED) is 0.520. The van der Waals surface area contributed by atoms with Crippen molar-refractivity contribution in [2.75, 3.05) is 0 Å². The highest BCUT2D eigenvalue weighted by atomic mass is 16.6. The topological polar surface area (TPSA) is 125 Å². The number of nitrogens with zero attached hydrogens (tertiary/aromatic N) is 4. The van der Waals surface area contributed by atoms with Crippen LogP contribution >= 0.6 is 0 Å². The molecule has 9 nitrogen and oxygen atoms in total. The minimum atomic E-state index is -0.499. The Labute approximate surface area is 134 Å². The van der Waals surface area contributed by atoms with Crippen LogP contribution in [0.5, 0.6) is 0 Å². The van der Waals surface area contributed by atoms with Crippen LogP contribution in [0.1, 0.15) is 11.5 Å². The Bertz CT molecular complexity index is 904. The fraction of sp³-hybridized carbons (Fsp3) is 0.0667. The standard InChI is InChI=1S/C15H10N4O5/c20-18(21)12-6-4-10(5-7-12)8-14-16-15(17-24-14)11-2-1-3-13(9-11)19(22)23/h1-7,9H,8H2. The van der Waals surface area contributed by atoms with Gasteiger partial charge in [0.25, 0.3) is 11.4 Å². The van der Waals surface area contributed by atoms with E-state index < -0.39 is 9.85 Å². The highest BCUT2D eigenvalue weighted by Crippen LogP contribution is 2.22. The predicted molar refractivity (Wildman–Crippen MR) is 82.3 cm³/mol. The molecule has 1 heterocycles. The van der Waals surface area contributed by atoms with Crippen LogP contribution in [0.4, 0.5) is 11.4 Å². The normalized spacial score (nSPS) is 10.5. The lowest BCUT2D eigenvalue weighted by atomic mass is 10.1. The van der Waals surface area contributed by atoms with Gasteiger partial charge in [0.2, 0.25) is 11.7 Å². The Kier molecular flexibility index (Phi) is 3.98. The summed E-state index contributed by atoms with van der Waals surface area (Å²) in [6.07, 6.45) is 0.305. The Morgan fingerprint density at radius 2 is 1.67 bits per heavy atom. The molecule has 0 spiro atoms. The fourth-order valence-electron chi connectivity index (χ4n) is 2.11. The van der Waals surface area contributed by atoms with E-state index in [9.17, 15) is 20.2 Å². The van der Waals surface area contributed by atoms with Crippen molar-refractivity contribution < 1.29 is 14.4 Å². The molecular weight excluding hydrogens is 316 g/mol. The molecule has 0 saturated carbocycles. The predicted octanol–water partition coefficient (Wildman–Crippen LogP) is 3.14. The van der Waals surface area contributed by atoms with Crippen molar-refractivity contribution in [2.24, 2.45) is 0 Å². The first kappa shape index (κ1) is 15.3. The molecule has 0 aliphatic rings. The molecule has 0 saturated heterocycles. The van der Waals surface area contributed by atoms with E-state index in [1.807, 2.05) is 0 Å². The number of aromatic nitrogens is 2. The maximum absolute atomic E-state index is 10.8. The van der Waals surface area contributed by atoms with Crippen LogP contribution in [0.3, 0.4) is 0 Å². The molecule has 3 rings (SSSR count). The highest BCUT2D eigenvalue weighted by Gasteiger charge is 2.13. The second-order valence-corrected chi connectivity index (χ2v) is 4.92. The van der Waals surface area contributed by atoms with E-state index in [0.29, 0.717) is 17.9 Å². The van der Waals surface area contributed by atoms with Gasteiger partial charge in [-0.25, -0.2) is 0 Å². The maximum atomic E-state index is 10.8. The van der Waals surface area contributed by atoms with Gasteiger partial charge in [-0.1, -0.05) is 29.4 Å². The first-order chi connectivity index (χ1) is 11.5. The van der Waals surface area contributed by atoms with E-state index in [4.69, 9.17) is 4.52 Å². The molecule has 0 fully saturated rings. The first-order valence-electron chi connectivity index (χ1n) is 6.83. The smallest absolute Gasteiger partial charge is 0.270 e. The molecule has 0 bridgehead atoms. The molecule has 0 radical (unpaired) electrons. The summed E-state index contributed by atoms with van der Waals surface area (Å²) in [5.74, 6) is 0.556. The summed E-state index contributed by atoms with van der Waals surface area (Å²) in [6.45, 7) is 0. The molecule has 0 unspecified atom stereocenters.